The van der Waals surface area contributed by atoms with Crippen LogP contribution in [0, 0.1) is 24.3 Å². The lowest BCUT2D eigenvalue weighted by atomic mass is 9.83. The molecule has 118 valence electrons. The normalized spacial score (nSPS) is 17.2. The summed E-state index contributed by atoms with van der Waals surface area (Å²) in [5, 5.41) is 5.76. The first-order valence-corrected chi connectivity index (χ1v) is 9.07. The fourth-order valence-electron chi connectivity index (χ4n) is 4.42. The minimum absolute atomic E-state index is 1.07. The Kier molecular flexibility index (Phi) is 2.97. The highest BCUT2D eigenvalue weighted by molar-refractivity contribution is 5.81. The van der Waals surface area contributed by atoms with Gasteiger partial charge < -0.3 is 0 Å². The zero-order valence-electron chi connectivity index (χ0n) is 14.4. The molecule has 0 aliphatic heterocycles. The predicted octanol–water partition coefficient (Wildman–Crippen LogP) is 4.41. The van der Waals surface area contributed by atoms with Gasteiger partial charge in [-0.25, -0.2) is 0 Å². The van der Waals surface area contributed by atoms with Crippen molar-refractivity contribution in [1.29, 1.82) is 0 Å². The molecule has 2 aromatic carbocycles. The second kappa shape index (κ2) is 5.08. The van der Waals surface area contributed by atoms with Crippen LogP contribution >= 0.6 is 0 Å². The van der Waals surface area contributed by atoms with Crippen LogP contribution in [0.4, 0.5) is 0 Å². The van der Waals surface area contributed by atoms with Gasteiger partial charge in [-0.05, 0) is 88.7 Å². The first-order valence-electron chi connectivity index (χ1n) is 9.07. The standard InChI is InChI=1S/C24H22/c1-15-10-11-19-14-22-21(20(19)12-15)13-16(2)23(17-8-5-9-17)24(22)18-6-3-4-7-18/h3-4,6,10-14H,5,7-9H2,1-2H3. The number of allylic oxidation sites excluding steroid dienone is 4. The zero-order valence-corrected chi connectivity index (χ0v) is 14.4. The summed E-state index contributed by atoms with van der Waals surface area (Å²) in [5.41, 5.74) is 8.91. The van der Waals surface area contributed by atoms with Crippen molar-refractivity contribution in [2.75, 3.05) is 0 Å². The molecule has 0 bridgehead atoms. The molecule has 0 atom stereocenters. The van der Waals surface area contributed by atoms with Crippen molar-refractivity contribution in [3.63, 3.8) is 0 Å². The maximum atomic E-state index is 2.43. The van der Waals surface area contributed by atoms with Gasteiger partial charge >= 0.3 is 0 Å². The van der Waals surface area contributed by atoms with E-state index in [0.29, 0.717) is 0 Å². The molecular weight excluding hydrogens is 288 g/mol. The summed E-state index contributed by atoms with van der Waals surface area (Å²) in [6.45, 7) is 4.50. The lowest BCUT2D eigenvalue weighted by Crippen LogP contribution is -2.21. The van der Waals surface area contributed by atoms with Crippen molar-refractivity contribution in [1.82, 2.24) is 0 Å². The van der Waals surface area contributed by atoms with Gasteiger partial charge in [-0.2, -0.15) is 0 Å². The Hall–Kier alpha value is -2.34. The summed E-state index contributed by atoms with van der Waals surface area (Å²) >= 11 is 0. The molecule has 0 heteroatoms. The topological polar surface area (TPSA) is 0 Å². The molecule has 3 aliphatic carbocycles. The van der Waals surface area contributed by atoms with E-state index in [2.05, 4.69) is 62.4 Å². The predicted molar refractivity (Wildman–Crippen MR) is 102 cm³/mol. The minimum atomic E-state index is 1.07. The summed E-state index contributed by atoms with van der Waals surface area (Å²) in [6, 6.07) is 9.29. The molecule has 1 saturated carbocycles. The first-order chi connectivity index (χ1) is 11.7. The van der Waals surface area contributed by atoms with Gasteiger partial charge in [0.1, 0.15) is 0 Å². The molecule has 0 spiro atoms. The summed E-state index contributed by atoms with van der Waals surface area (Å²) in [7, 11) is 0. The highest BCUT2D eigenvalue weighted by Gasteiger charge is 2.19. The summed E-state index contributed by atoms with van der Waals surface area (Å²) in [6.07, 6.45) is 14.2. The average Bonchev–Trinajstić information content (AvgIpc) is 3.14. The van der Waals surface area contributed by atoms with E-state index in [1.54, 1.807) is 10.8 Å². The van der Waals surface area contributed by atoms with E-state index in [4.69, 9.17) is 0 Å². The Bertz CT molecular complexity index is 1150. The van der Waals surface area contributed by atoms with Crippen LogP contribution in [0.1, 0.15) is 47.9 Å². The average molecular weight is 310 g/mol. The maximum absolute atomic E-state index is 2.43. The van der Waals surface area contributed by atoms with Crippen molar-refractivity contribution in [3.8, 4) is 0 Å². The molecule has 0 radical (unpaired) electrons. The molecule has 3 aliphatic rings. The van der Waals surface area contributed by atoms with Gasteiger partial charge in [0.25, 0.3) is 0 Å². The molecule has 0 N–H and O–H groups in total. The van der Waals surface area contributed by atoms with E-state index in [1.807, 2.05) is 0 Å². The van der Waals surface area contributed by atoms with Crippen LogP contribution in [-0.2, 0) is 0 Å². The van der Waals surface area contributed by atoms with Crippen molar-refractivity contribution >= 4 is 17.2 Å². The minimum Gasteiger partial charge on any atom is -0.0801 e. The van der Waals surface area contributed by atoms with Crippen LogP contribution in [0.25, 0.3) is 17.2 Å². The van der Waals surface area contributed by atoms with Crippen LogP contribution in [0.5, 0.6) is 0 Å². The molecule has 5 rings (SSSR count). The van der Waals surface area contributed by atoms with Gasteiger partial charge in [0.2, 0.25) is 0 Å². The van der Waals surface area contributed by atoms with Crippen molar-refractivity contribution in [2.45, 2.75) is 39.5 Å². The SMILES string of the molecule is Cc1ccc2c(c1)=c1cc(C)c(=C3CCC3)c(C3=CC=CC3)c1C=2. The number of hydrogen-bond acceptors (Lipinski definition) is 0. The van der Waals surface area contributed by atoms with Gasteiger partial charge in [0.15, 0.2) is 0 Å². The van der Waals surface area contributed by atoms with Gasteiger partial charge in [-0.1, -0.05) is 53.6 Å². The molecule has 2 aromatic rings. The van der Waals surface area contributed by atoms with Crippen molar-refractivity contribution in [2.24, 2.45) is 0 Å². The highest BCUT2D eigenvalue weighted by Crippen LogP contribution is 2.31. The molecule has 0 amide bonds. The van der Waals surface area contributed by atoms with Crippen LogP contribution in [0.15, 0.2) is 42.5 Å². The molecule has 1 fully saturated rings. The number of hydrogen-bond donors (Lipinski definition) is 0. The van der Waals surface area contributed by atoms with Crippen LogP contribution in [0.2, 0.25) is 0 Å². The first kappa shape index (κ1) is 14.0. The van der Waals surface area contributed by atoms with E-state index in [0.717, 1.165) is 6.42 Å². The molecule has 0 saturated heterocycles. The van der Waals surface area contributed by atoms with Gasteiger partial charge in [0, 0.05) is 0 Å². The van der Waals surface area contributed by atoms with E-state index >= 15 is 0 Å². The van der Waals surface area contributed by atoms with E-state index in [-0.39, 0.29) is 0 Å². The third kappa shape index (κ3) is 1.92. The highest BCUT2D eigenvalue weighted by atomic mass is 14.2. The second-order valence-electron chi connectivity index (χ2n) is 7.42. The van der Waals surface area contributed by atoms with Crippen molar-refractivity contribution in [3.05, 3.63) is 85.6 Å². The van der Waals surface area contributed by atoms with Crippen molar-refractivity contribution < 1.29 is 0 Å². The molecule has 24 heavy (non-hydrogen) atoms. The molecule has 0 heterocycles. The Labute approximate surface area is 142 Å². The third-order valence-corrected chi connectivity index (χ3v) is 5.77. The summed E-state index contributed by atoms with van der Waals surface area (Å²) in [4.78, 5) is 0. The molecule has 0 aromatic heterocycles. The molecular formula is C24H22. The monoisotopic (exact) mass is 310 g/mol. The Morgan fingerprint density at radius 3 is 2.54 bits per heavy atom. The van der Waals surface area contributed by atoms with Crippen LogP contribution in [0.3, 0.4) is 0 Å². The van der Waals surface area contributed by atoms with Gasteiger partial charge in [-0.15, -0.1) is 0 Å². The zero-order chi connectivity index (χ0) is 16.3. The number of benzene rings is 2. The smallest absolute Gasteiger partial charge is 0.00675 e. The Morgan fingerprint density at radius 2 is 1.83 bits per heavy atom. The lowest BCUT2D eigenvalue weighted by Gasteiger charge is -2.21. The fraction of sp³-hybridized carbons (Fsp3) is 0.250. The summed E-state index contributed by atoms with van der Waals surface area (Å²) in [5.74, 6) is 0. The quantitative estimate of drug-likeness (QED) is 0.624. The number of fused-ring (bicyclic) bond motifs is 2. The Morgan fingerprint density at radius 1 is 0.958 bits per heavy atom. The second-order valence-corrected chi connectivity index (χ2v) is 7.42. The number of aryl methyl sites for hydroxylation is 2. The maximum Gasteiger partial charge on any atom is -0.00675 e. The fourth-order valence-corrected chi connectivity index (χ4v) is 4.42. The van der Waals surface area contributed by atoms with E-state index in [9.17, 15) is 0 Å². The van der Waals surface area contributed by atoms with Gasteiger partial charge in [0.05, 0.1) is 0 Å². The summed E-state index contributed by atoms with van der Waals surface area (Å²) < 4.78 is 0. The molecule has 0 unspecified atom stereocenters. The molecule has 0 nitrogen and oxygen atoms in total. The van der Waals surface area contributed by atoms with E-state index in [1.165, 1.54) is 62.7 Å². The third-order valence-electron chi connectivity index (χ3n) is 5.77. The number of rotatable bonds is 1. The van der Waals surface area contributed by atoms with E-state index < -0.39 is 0 Å². The van der Waals surface area contributed by atoms with Crippen LogP contribution in [-0.4, -0.2) is 0 Å². The Balaban J connectivity index is 1.99. The van der Waals surface area contributed by atoms with Crippen LogP contribution < -0.4 is 10.4 Å². The van der Waals surface area contributed by atoms with Gasteiger partial charge in [-0.3, -0.25) is 0 Å². The lowest BCUT2D eigenvalue weighted by molar-refractivity contribution is 0.750. The largest absolute Gasteiger partial charge is 0.0801 e.